The zero-order valence-electron chi connectivity index (χ0n) is 10.8. The van der Waals surface area contributed by atoms with E-state index in [-0.39, 0.29) is 16.6 Å². The molecule has 0 atom stereocenters. The van der Waals surface area contributed by atoms with Crippen molar-refractivity contribution in [2.24, 2.45) is 0 Å². The lowest BCUT2D eigenvalue weighted by Gasteiger charge is -2.09. The number of carbonyl (C=O) groups is 1. The number of hydrogen-bond acceptors (Lipinski definition) is 4. The van der Waals surface area contributed by atoms with Crippen molar-refractivity contribution in [3.05, 3.63) is 58.9 Å². The maximum absolute atomic E-state index is 13.2. The zero-order chi connectivity index (χ0) is 15.6. The second-order valence-electron chi connectivity index (χ2n) is 4.20. The van der Waals surface area contributed by atoms with Gasteiger partial charge in [0.2, 0.25) is 0 Å². The minimum absolute atomic E-state index is 0.0528. The Kier molecular flexibility index (Phi) is 4.29. The van der Waals surface area contributed by atoms with Gasteiger partial charge in [-0.25, -0.2) is 4.39 Å². The molecule has 7 heteroatoms. The molecule has 21 heavy (non-hydrogen) atoms. The summed E-state index contributed by atoms with van der Waals surface area (Å²) < 4.78 is 42.2. The number of hydrogen-bond donors (Lipinski definition) is 0. The van der Waals surface area contributed by atoms with Gasteiger partial charge >= 0.3 is 10.1 Å². The molecule has 0 radical (unpaired) electrons. The number of carbonyl (C=O) groups excluding carboxylic acids is 1. The van der Waals surface area contributed by atoms with Crippen molar-refractivity contribution in [3.63, 3.8) is 0 Å². The highest BCUT2D eigenvalue weighted by atomic mass is 35.5. The molecule has 0 spiro atoms. The molecule has 0 saturated carbocycles. The molecule has 0 heterocycles. The molecular weight excluding hydrogens is 319 g/mol. The minimum atomic E-state index is -4.29. The van der Waals surface area contributed by atoms with Crippen LogP contribution in [-0.2, 0) is 10.1 Å². The Labute approximate surface area is 126 Å². The molecule has 2 aromatic carbocycles. The van der Waals surface area contributed by atoms with E-state index < -0.39 is 20.8 Å². The van der Waals surface area contributed by atoms with Crippen molar-refractivity contribution in [1.82, 2.24) is 0 Å². The third-order valence-electron chi connectivity index (χ3n) is 2.61. The van der Waals surface area contributed by atoms with Crippen LogP contribution in [0.25, 0.3) is 0 Å². The Morgan fingerprint density at radius 3 is 2.57 bits per heavy atom. The van der Waals surface area contributed by atoms with Gasteiger partial charge in [-0.05, 0) is 37.3 Å². The largest absolute Gasteiger partial charge is 0.379 e. The summed E-state index contributed by atoms with van der Waals surface area (Å²) in [5.74, 6) is -1.04. The van der Waals surface area contributed by atoms with Crippen molar-refractivity contribution < 1.29 is 21.8 Å². The van der Waals surface area contributed by atoms with Crippen LogP contribution in [0.15, 0.2) is 47.4 Å². The molecule has 0 fully saturated rings. The summed E-state index contributed by atoms with van der Waals surface area (Å²) >= 11 is 5.75. The molecule has 2 rings (SSSR count). The number of halogens is 2. The van der Waals surface area contributed by atoms with Gasteiger partial charge in [0.25, 0.3) is 0 Å². The van der Waals surface area contributed by atoms with E-state index in [1.54, 1.807) is 0 Å². The summed E-state index contributed by atoms with van der Waals surface area (Å²) in [6, 6.07) is 8.60. The summed E-state index contributed by atoms with van der Waals surface area (Å²) in [6.07, 6.45) is 0. The van der Waals surface area contributed by atoms with Gasteiger partial charge in [0.15, 0.2) is 5.78 Å². The summed E-state index contributed by atoms with van der Waals surface area (Å²) in [4.78, 5) is 10.8. The van der Waals surface area contributed by atoms with E-state index in [0.29, 0.717) is 5.56 Å². The molecule has 0 unspecified atom stereocenters. The molecule has 4 nitrogen and oxygen atoms in total. The predicted octanol–water partition coefficient (Wildman–Crippen LogP) is 3.45. The molecule has 0 aromatic heterocycles. The SMILES string of the molecule is CC(=O)c1cccc(OS(=O)(=O)c2cc(F)ccc2Cl)c1. The van der Waals surface area contributed by atoms with Gasteiger partial charge in [-0.2, -0.15) is 8.42 Å². The highest BCUT2D eigenvalue weighted by Crippen LogP contribution is 2.26. The van der Waals surface area contributed by atoms with Crippen molar-refractivity contribution in [2.75, 3.05) is 0 Å². The smallest absolute Gasteiger partial charge is 0.340 e. The molecule has 0 amide bonds. The first kappa shape index (κ1) is 15.5. The van der Waals surface area contributed by atoms with E-state index >= 15 is 0 Å². The van der Waals surface area contributed by atoms with E-state index in [0.717, 1.165) is 18.2 Å². The van der Waals surface area contributed by atoms with E-state index in [1.165, 1.54) is 31.2 Å². The fourth-order valence-electron chi connectivity index (χ4n) is 1.61. The standard InChI is InChI=1S/C14H10ClFO4S/c1-9(17)10-3-2-4-12(7-10)20-21(18,19)14-8-11(16)5-6-13(14)15/h2-8H,1H3. The molecular formula is C14H10ClFO4S. The van der Waals surface area contributed by atoms with E-state index in [2.05, 4.69) is 0 Å². The minimum Gasteiger partial charge on any atom is -0.379 e. The summed E-state index contributed by atoms with van der Waals surface area (Å²) in [5.41, 5.74) is 0.299. The Bertz CT molecular complexity index is 802. The van der Waals surface area contributed by atoms with Crippen LogP contribution in [-0.4, -0.2) is 14.2 Å². The van der Waals surface area contributed by atoms with E-state index in [9.17, 15) is 17.6 Å². The summed E-state index contributed by atoms with van der Waals surface area (Å²) in [5, 5.41) is -0.154. The van der Waals surface area contributed by atoms with Crippen molar-refractivity contribution >= 4 is 27.5 Å². The quantitative estimate of drug-likeness (QED) is 0.637. The summed E-state index contributed by atoms with van der Waals surface area (Å²) in [6.45, 7) is 1.34. The maximum atomic E-state index is 13.2. The first-order chi connectivity index (χ1) is 9.79. The number of rotatable bonds is 4. The highest BCUT2D eigenvalue weighted by molar-refractivity contribution is 7.87. The lowest BCUT2D eigenvalue weighted by molar-refractivity contribution is 0.101. The average Bonchev–Trinajstić information content (AvgIpc) is 2.41. The van der Waals surface area contributed by atoms with Crippen LogP contribution in [0, 0.1) is 5.82 Å². The first-order valence-corrected chi connectivity index (χ1v) is 7.59. The predicted molar refractivity (Wildman–Crippen MR) is 75.7 cm³/mol. The van der Waals surface area contributed by atoms with Gasteiger partial charge in [0, 0.05) is 5.56 Å². The maximum Gasteiger partial charge on any atom is 0.340 e. The summed E-state index contributed by atoms with van der Waals surface area (Å²) in [7, 11) is -4.29. The van der Waals surface area contributed by atoms with Crippen molar-refractivity contribution in [2.45, 2.75) is 11.8 Å². The fraction of sp³-hybridized carbons (Fsp3) is 0.0714. The number of benzene rings is 2. The van der Waals surface area contributed by atoms with Crippen LogP contribution in [0.2, 0.25) is 5.02 Å². The van der Waals surface area contributed by atoms with E-state index in [1.807, 2.05) is 0 Å². The third kappa shape index (κ3) is 3.59. The van der Waals surface area contributed by atoms with Gasteiger partial charge in [0.05, 0.1) is 5.02 Å². The van der Waals surface area contributed by atoms with Gasteiger partial charge in [-0.3, -0.25) is 4.79 Å². The van der Waals surface area contributed by atoms with Gasteiger partial charge in [0.1, 0.15) is 16.5 Å². The lowest BCUT2D eigenvalue weighted by Crippen LogP contribution is -2.11. The van der Waals surface area contributed by atoms with Crippen LogP contribution in [0.5, 0.6) is 5.75 Å². The monoisotopic (exact) mass is 328 g/mol. The highest BCUT2D eigenvalue weighted by Gasteiger charge is 2.21. The molecule has 0 saturated heterocycles. The Balaban J connectivity index is 2.40. The topological polar surface area (TPSA) is 60.4 Å². The van der Waals surface area contributed by atoms with Gasteiger partial charge in [-0.1, -0.05) is 23.7 Å². The normalized spacial score (nSPS) is 11.2. The zero-order valence-corrected chi connectivity index (χ0v) is 12.4. The molecule has 0 aliphatic rings. The molecule has 0 aliphatic heterocycles. The Morgan fingerprint density at radius 1 is 1.19 bits per heavy atom. The number of Topliss-reactive ketones (excluding diaryl/α,β-unsaturated/α-hetero) is 1. The second kappa shape index (κ2) is 5.83. The van der Waals surface area contributed by atoms with Crippen LogP contribution in [0.1, 0.15) is 17.3 Å². The van der Waals surface area contributed by atoms with E-state index in [4.69, 9.17) is 15.8 Å². The van der Waals surface area contributed by atoms with Crippen molar-refractivity contribution in [1.29, 1.82) is 0 Å². The number of ketones is 1. The third-order valence-corrected chi connectivity index (χ3v) is 4.34. The average molecular weight is 329 g/mol. The van der Waals surface area contributed by atoms with Crippen LogP contribution >= 0.6 is 11.6 Å². The molecule has 0 N–H and O–H groups in total. The van der Waals surface area contributed by atoms with Crippen LogP contribution in [0.3, 0.4) is 0 Å². The van der Waals surface area contributed by atoms with Crippen LogP contribution < -0.4 is 4.18 Å². The molecule has 0 bridgehead atoms. The fourth-order valence-corrected chi connectivity index (χ4v) is 3.02. The second-order valence-corrected chi connectivity index (χ2v) is 6.12. The molecule has 2 aromatic rings. The molecule has 110 valence electrons. The van der Waals surface area contributed by atoms with Crippen LogP contribution in [0.4, 0.5) is 4.39 Å². The van der Waals surface area contributed by atoms with Gasteiger partial charge in [-0.15, -0.1) is 0 Å². The Hall–Kier alpha value is -1.92. The molecule has 0 aliphatic carbocycles. The van der Waals surface area contributed by atoms with Crippen molar-refractivity contribution in [3.8, 4) is 5.75 Å². The first-order valence-electron chi connectivity index (χ1n) is 5.80. The van der Waals surface area contributed by atoms with Gasteiger partial charge < -0.3 is 4.18 Å². The lowest BCUT2D eigenvalue weighted by atomic mass is 10.1. The Morgan fingerprint density at radius 2 is 1.90 bits per heavy atom.